The van der Waals surface area contributed by atoms with E-state index in [2.05, 4.69) is 25.5 Å². The molecular formula is C20H22N6O. The predicted octanol–water partition coefficient (Wildman–Crippen LogP) is 3.74. The zero-order chi connectivity index (χ0) is 19.2. The Bertz CT molecular complexity index is 997. The minimum atomic E-state index is 0.379. The highest BCUT2D eigenvalue weighted by molar-refractivity contribution is 5.99. The van der Waals surface area contributed by atoms with E-state index in [9.17, 15) is 0 Å². The van der Waals surface area contributed by atoms with Gasteiger partial charge in [0.25, 0.3) is 0 Å². The van der Waals surface area contributed by atoms with Gasteiger partial charge >= 0.3 is 0 Å². The summed E-state index contributed by atoms with van der Waals surface area (Å²) in [5, 5.41) is 6.12. The zero-order valence-corrected chi connectivity index (χ0v) is 15.8. The molecule has 1 N–H and O–H groups in total. The Hall–Kier alpha value is -3.48. The van der Waals surface area contributed by atoms with Crippen molar-refractivity contribution in [3.8, 4) is 17.1 Å². The summed E-state index contributed by atoms with van der Waals surface area (Å²) in [6, 6.07) is 11.9. The molecule has 0 aliphatic rings. The van der Waals surface area contributed by atoms with Crippen molar-refractivity contribution in [3.63, 3.8) is 0 Å². The molecule has 0 bridgehead atoms. The molecule has 1 aromatic heterocycles. The van der Waals surface area contributed by atoms with E-state index < -0.39 is 0 Å². The maximum absolute atomic E-state index is 5.48. The van der Waals surface area contributed by atoms with Crippen LogP contribution in [0.5, 0.6) is 5.75 Å². The van der Waals surface area contributed by atoms with Gasteiger partial charge < -0.3 is 9.64 Å². The Morgan fingerprint density at radius 3 is 2.52 bits per heavy atom. The van der Waals surface area contributed by atoms with E-state index >= 15 is 0 Å². The minimum Gasteiger partial charge on any atom is -0.496 e. The lowest BCUT2D eigenvalue weighted by Crippen LogP contribution is -2.15. The molecule has 3 rings (SSSR count). The van der Waals surface area contributed by atoms with E-state index in [0.29, 0.717) is 17.7 Å². The van der Waals surface area contributed by atoms with Gasteiger partial charge in [-0.15, -0.1) is 0 Å². The summed E-state index contributed by atoms with van der Waals surface area (Å²) in [6.45, 7) is 1.92. The first-order valence-electron chi connectivity index (χ1n) is 8.54. The number of ether oxygens (including phenoxy) is 1. The fourth-order valence-corrected chi connectivity index (χ4v) is 2.60. The van der Waals surface area contributed by atoms with Gasteiger partial charge in [-0.3, -0.25) is 0 Å². The Morgan fingerprint density at radius 2 is 1.81 bits per heavy atom. The van der Waals surface area contributed by atoms with Crippen LogP contribution in [0.15, 0.2) is 53.7 Å². The van der Waals surface area contributed by atoms with Crippen LogP contribution in [0, 0.1) is 0 Å². The van der Waals surface area contributed by atoms with Crippen molar-refractivity contribution in [1.29, 1.82) is 0 Å². The number of benzene rings is 2. The summed E-state index contributed by atoms with van der Waals surface area (Å²) in [6.07, 6.45) is 5.35. The van der Waals surface area contributed by atoms with Crippen LogP contribution in [-0.4, -0.2) is 42.4 Å². The van der Waals surface area contributed by atoms with Crippen LogP contribution in [-0.2, 0) is 0 Å². The molecule has 0 amide bonds. The van der Waals surface area contributed by atoms with Crippen LogP contribution in [0.4, 0.5) is 11.9 Å². The molecule has 0 aliphatic carbocycles. The Morgan fingerprint density at radius 1 is 1.04 bits per heavy atom. The van der Waals surface area contributed by atoms with Crippen LogP contribution in [0.1, 0.15) is 6.92 Å². The number of hydrogen-bond donors (Lipinski definition) is 1. The molecule has 1 heterocycles. The van der Waals surface area contributed by atoms with Gasteiger partial charge in [0.2, 0.25) is 11.9 Å². The minimum absolute atomic E-state index is 0.379. The van der Waals surface area contributed by atoms with Crippen molar-refractivity contribution in [1.82, 2.24) is 15.0 Å². The summed E-state index contributed by atoms with van der Waals surface area (Å²) in [4.78, 5) is 15.4. The molecule has 0 fully saturated rings. The van der Waals surface area contributed by atoms with Crippen molar-refractivity contribution in [2.24, 2.45) is 5.10 Å². The Balaban J connectivity index is 2.13. The number of allylic oxidation sites excluding steroid dienone is 2. The van der Waals surface area contributed by atoms with Crippen molar-refractivity contribution in [2.75, 3.05) is 31.5 Å². The molecule has 0 spiro atoms. The molecule has 0 atom stereocenters. The quantitative estimate of drug-likeness (QED) is 0.532. The predicted molar refractivity (Wildman–Crippen MR) is 111 cm³/mol. The fraction of sp³-hybridized carbons (Fsp3) is 0.200. The van der Waals surface area contributed by atoms with Crippen LogP contribution >= 0.6 is 0 Å². The highest BCUT2D eigenvalue weighted by atomic mass is 16.5. The van der Waals surface area contributed by atoms with Gasteiger partial charge in [0, 0.05) is 31.3 Å². The molecular weight excluding hydrogens is 340 g/mol. The molecule has 0 aliphatic heterocycles. The van der Waals surface area contributed by atoms with E-state index in [1.165, 1.54) is 0 Å². The number of rotatable bonds is 6. The number of nitrogens with one attached hydrogen (secondary N) is 1. The van der Waals surface area contributed by atoms with Crippen molar-refractivity contribution < 1.29 is 4.74 Å². The Kier molecular flexibility index (Phi) is 5.61. The summed E-state index contributed by atoms with van der Waals surface area (Å²) < 4.78 is 5.48. The molecule has 0 saturated carbocycles. The summed E-state index contributed by atoms with van der Waals surface area (Å²) >= 11 is 0. The lowest BCUT2D eigenvalue weighted by Gasteiger charge is -2.14. The Labute approximate surface area is 158 Å². The molecule has 7 heteroatoms. The molecule has 0 unspecified atom stereocenters. The third-order valence-corrected chi connectivity index (χ3v) is 3.89. The SMILES string of the molecule is C/C=C/C=N/Nc1nc(-c2ccc(OC)c3ccccc23)nc(N(C)C)n1. The van der Waals surface area contributed by atoms with Gasteiger partial charge in [-0.2, -0.15) is 20.1 Å². The maximum atomic E-state index is 5.48. The van der Waals surface area contributed by atoms with Gasteiger partial charge in [-0.25, -0.2) is 5.43 Å². The molecule has 0 radical (unpaired) electrons. The van der Waals surface area contributed by atoms with Crippen molar-refractivity contribution in [3.05, 3.63) is 48.6 Å². The normalized spacial score (nSPS) is 11.4. The molecule has 3 aromatic rings. The largest absolute Gasteiger partial charge is 0.496 e. The number of fused-ring (bicyclic) bond motifs is 1. The lowest BCUT2D eigenvalue weighted by molar-refractivity contribution is 0.420. The van der Waals surface area contributed by atoms with E-state index in [1.807, 2.05) is 74.5 Å². The summed E-state index contributed by atoms with van der Waals surface area (Å²) in [5.41, 5.74) is 3.76. The van der Waals surface area contributed by atoms with Crippen LogP contribution in [0.25, 0.3) is 22.2 Å². The highest BCUT2D eigenvalue weighted by Crippen LogP contribution is 2.33. The number of hydrogen-bond acceptors (Lipinski definition) is 7. The highest BCUT2D eigenvalue weighted by Gasteiger charge is 2.14. The second-order valence-electron chi connectivity index (χ2n) is 5.95. The fourth-order valence-electron chi connectivity index (χ4n) is 2.60. The first kappa shape index (κ1) is 18.3. The number of anilines is 2. The van der Waals surface area contributed by atoms with Gasteiger partial charge in [0.1, 0.15) is 5.75 Å². The average molecular weight is 362 g/mol. The van der Waals surface area contributed by atoms with Gasteiger partial charge in [-0.1, -0.05) is 30.3 Å². The van der Waals surface area contributed by atoms with Crippen LogP contribution < -0.4 is 15.1 Å². The average Bonchev–Trinajstić information content (AvgIpc) is 2.70. The number of aromatic nitrogens is 3. The second-order valence-corrected chi connectivity index (χ2v) is 5.95. The molecule has 2 aromatic carbocycles. The summed E-state index contributed by atoms with van der Waals surface area (Å²) in [5.74, 6) is 2.30. The smallest absolute Gasteiger partial charge is 0.248 e. The van der Waals surface area contributed by atoms with E-state index in [-0.39, 0.29) is 0 Å². The first-order valence-corrected chi connectivity index (χ1v) is 8.54. The van der Waals surface area contributed by atoms with Crippen LogP contribution in [0.2, 0.25) is 0 Å². The molecule has 0 saturated heterocycles. The van der Waals surface area contributed by atoms with E-state index in [0.717, 1.165) is 22.1 Å². The topological polar surface area (TPSA) is 75.5 Å². The van der Waals surface area contributed by atoms with Crippen LogP contribution in [0.3, 0.4) is 0 Å². The first-order chi connectivity index (χ1) is 13.1. The standard InChI is InChI=1S/C20H22N6O/c1-5-6-13-21-25-19-22-18(23-20(24-19)26(2)3)16-11-12-17(27-4)15-10-8-7-9-14(15)16/h5-13H,1-4H3,(H,22,23,24,25)/b6-5+,21-13+. The number of hydrazone groups is 1. The van der Waals surface area contributed by atoms with Crippen molar-refractivity contribution >= 4 is 28.9 Å². The van der Waals surface area contributed by atoms with E-state index in [1.54, 1.807) is 13.3 Å². The summed E-state index contributed by atoms with van der Waals surface area (Å²) in [7, 11) is 5.44. The molecule has 27 heavy (non-hydrogen) atoms. The third kappa shape index (κ3) is 4.03. The second kappa shape index (κ2) is 8.27. The third-order valence-electron chi connectivity index (χ3n) is 3.89. The van der Waals surface area contributed by atoms with Gasteiger partial charge in [0.05, 0.1) is 7.11 Å². The zero-order valence-electron chi connectivity index (χ0n) is 15.8. The van der Waals surface area contributed by atoms with Gasteiger partial charge in [-0.05, 0) is 30.5 Å². The maximum Gasteiger partial charge on any atom is 0.248 e. The number of nitrogens with zero attached hydrogens (tertiary/aromatic N) is 5. The lowest BCUT2D eigenvalue weighted by atomic mass is 10.0. The number of methoxy groups -OCH3 is 1. The van der Waals surface area contributed by atoms with E-state index in [4.69, 9.17) is 4.74 Å². The van der Waals surface area contributed by atoms with Gasteiger partial charge in [0.15, 0.2) is 5.82 Å². The monoisotopic (exact) mass is 362 g/mol. The molecule has 7 nitrogen and oxygen atoms in total. The molecule has 138 valence electrons. The van der Waals surface area contributed by atoms with Crippen molar-refractivity contribution in [2.45, 2.75) is 6.92 Å².